The van der Waals surface area contributed by atoms with E-state index >= 15 is 0 Å². The first-order valence-electron chi connectivity index (χ1n) is 11.2. The molecule has 0 radical (unpaired) electrons. The molecule has 5 rings (SSSR count). The van der Waals surface area contributed by atoms with Gasteiger partial charge in [0.15, 0.2) is 5.65 Å². The quantitative estimate of drug-likeness (QED) is 0.397. The maximum absolute atomic E-state index is 11.7. The van der Waals surface area contributed by atoms with Crippen molar-refractivity contribution >= 4 is 11.6 Å². The van der Waals surface area contributed by atoms with Crippen molar-refractivity contribution in [3.63, 3.8) is 0 Å². The first kappa shape index (κ1) is 21.0. The molecule has 7 heteroatoms. The highest BCUT2D eigenvalue weighted by atomic mass is 16.5. The number of carboxylic acids is 1. The average molecular weight is 444 g/mol. The van der Waals surface area contributed by atoms with Crippen LogP contribution >= 0.6 is 0 Å². The van der Waals surface area contributed by atoms with Crippen molar-refractivity contribution in [2.24, 2.45) is 0 Å². The van der Waals surface area contributed by atoms with E-state index in [1.165, 1.54) is 12.6 Å². The SMILES string of the molecule is COc1cccc(Oc2cccc(-c3cnc4c(C(=O)O)cnn4c3C3CCCCC3)c2)c1. The Hall–Kier alpha value is -3.87. The smallest absolute Gasteiger partial charge is 0.341 e. The van der Waals surface area contributed by atoms with Crippen LogP contribution < -0.4 is 9.47 Å². The Bertz CT molecular complexity index is 1310. The summed E-state index contributed by atoms with van der Waals surface area (Å²) in [5.74, 6) is 1.39. The lowest BCUT2D eigenvalue weighted by atomic mass is 9.84. The van der Waals surface area contributed by atoms with Crippen molar-refractivity contribution in [2.75, 3.05) is 7.11 Å². The molecule has 0 amide bonds. The second kappa shape index (κ2) is 8.94. The number of hydrogen-bond acceptors (Lipinski definition) is 5. The minimum atomic E-state index is -1.02. The predicted molar refractivity (Wildman–Crippen MR) is 124 cm³/mol. The Morgan fingerprint density at radius 3 is 2.48 bits per heavy atom. The van der Waals surface area contributed by atoms with Gasteiger partial charge in [-0.05, 0) is 42.7 Å². The van der Waals surface area contributed by atoms with Gasteiger partial charge in [0.25, 0.3) is 0 Å². The topological polar surface area (TPSA) is 86.0 Å². The predicted octanol–water partition coefficient (Wildman–Crippen LogP) is 5.94. The largest absolute Gasteiger partial charge is 0.497 e. The third-order valence-electron chi connectivity index (χ3n) is 6.21. The molecular formula is C26H25N3O4. The van der Waals surface area contributed by atoms with Crippen LogP contribution in [0.5, 0.6) is 17.2 Å². The summed E-state index contributed by atoms with van der Waals surface area (Å²) in [6.45, 7) is 0. The number of rotatable bonds is 6. The molecule has 0 aliphatic heterocycles. The van der Waals surface area contributed by atoms with Gasteiger partial charge >= 0.3 is 5.97 Å². The first-order valence-corrected chi connectivity index (χ1v) is 11.2. The van der Waals surface area contributed by atoms with Gasteiger partial charge in [-0.3, -0.25) is 0 Å². The summed E-state index contributed by atoms with van der Waals surface area (Å²) in [6.07, 6.45) is 8.80. The van der Waals surface area contributed by atoms with Crippen molar-refractivity contribution in [1.82, 2.24) is 14.6 Å². The van der Waals surface area contributed by atoms with Crippen LogP contribution in [0.4, 0.5) is 0 Å². The van der Waals surface area contributed by atoms with Gasteiger partial charge in [-0.25, -0.2) is 14.3 Å². The number of ether oxygens (including phenoxy) is 2. The molecular weight excluding hydrogens is 418 g/mol. The summed E-state index contributed by atoms with van der Waals surface area (Å²) in [5, 5.41) is 14.0. The summed E-state index contributed by atoms with van der Waals surface area (Å²) in [6, 6.07) is 15.3. The van der Waals surface area contributed by atoms with Crippen LogP contribution in [-0.2, 0) is 0 Å². The summed E-state index contributed by atoms with van der Waals surface area (Å²) in [7, 11) is 1.63. The molecule has 0 spiro atoms. The van der Waals surface area contributed by atoms with E-state index in [1.807, 2.05) is 48.5 Å². The van der Waals surface area contributed by atoms with Crippen molar-refractivity contribution in [3.05, 3.63) is 72.2 Å². The maximum Gasteiger partial charge on any atom is 0.341 e. The zero-order valence-electron chi connectivity index (χ0n) is 18.4. The molecule has 2 aromatic carbocycles. The lowest BCUT2D eigenvalue weighted by Crippen LogP contribution is -2.13. The van der Waals surface area contributed by atoms with E-state index in [0.717, 1.165) is 48.3 Å². The van der Waals surface area contributed by atoms with Gasteiger partial charge in [-0.15, -0.1) is 0 Å². The molecule has 0 unspecified atom stereocenters. The maximum atomic E-state index is 11.7. The number of methoxy groups -OCH3 is 1. The van der Waals surface area contributed by atoms with Crippen molar-refractivity contribution in [2.45, 2.75) is 38.0 Å². The number of aromatic carboxylic acids is 1. The number of carbonyl (C=O) groups is 1. The van der Waals surface area contributed by atoms with Crippen molar-refractivity contribution < 1.29 is 19.4 Å². The molecule has 33 heavy (non-hydrogen) atoms. The zero-order chi connectivity index (χ0) is 22.8. The molecule has 2 aromatic heterocycles. The highest BCUT2D eigenvalue weighted by Gasteiger charge is 2.25. The van der Waals surface area contributed by atoms with Gasteiger partial charge in [0.1, 0.15) is 22.8 Å². The highest BCUT2D eigenvalue weighted by molar-refractivity contribution is 5.94. The van der Waals surface area contributed by atoms with Crippen LogP contribution in [0.3, 0.4) is 0 Å². The second-order valence-corrected chi connectivity index (χ2v) is 8.30. The lowest BCUT2D eigenvalue weighted by Gasteiger charge is -2.25. The molecule has 4 aromatic rings. The van der Waals surface area contributed by atoms with Gasteiger partial charge < -0.3 is 14.6 Å². The third kappa shape index (κ3) is 4.14. The van der Waals surface area contributed by atoms with E-state index in [-0.39, 0.29) is 5.56 Å². The first-order chi connectivity index (χ1) is 16.1. The van der Waals surface area contributed by atoms with Gasteiger partial charge in [-0.2, -0.15) is 5.10 Å². The van der Waals surface area contributed by atoms with Crippen LogP contribution in [0.1, 0.15) is 54.1 Å². The summed E-state index contributed by atoms with van der Waals surface area (Å²) in [5.41, 5.74) is 3.43. The fraction of sp³-hybridized carbons (Fsp3) is 0.269. The normalized spacial score (nSPS) is 14.3. The van der Waals surface area contributed by atoms with Crippen molar-refractivity contribution in [3.8, 4) is 28.4 Å². The van der Waals surface area contributed by atoms with E-state index in [1.54, 1.807) is 17.8 Å². The molecule has 0 saturated heterocycles. The van der Waals surface area contributed by atoms with E-state index in [2.05, 4.69) is 10.1 Å². The Labute approximate surface area is 191 Å². The Kier molecular flexibility index (Phi) is 5.69. The average Bonchev–Trinajstić information content (AvgIpc) is 3.29. The summed E-state index contributed by atoms with van der Waals surface area (Å²) < 4.78 is 13.1. The van der Waals surface area contributed by atoms with Crippen LogP contribution in [0, 0.1) is 0 Å². The van der Waals surface area contributed by atoms with Crippen molar-refractivity contribution in [1.29, 1.82) is 0 Å². The molecule has 1 saturated carbocycles. The monoisotopic (exact) mass is 443 g/mol. The molecule has 1 aliphatic rings. The van der Waals surface area contributed by atoms with Crippen LogP contribution in [0.15, 0.2) is 60.9 Å². The van der Waals surface area contributed by atoms with Gasteiger partial charge in [0.05, 0.1) is 19.0 Å². The molecule has 1 aliphatic carbocycles. The molecule has 2 heterocycles. The zero-order valence-corrected chi connectivity index (χ0v) is 18.4. The second-order valence-electron chi connectivity index (χ2n) is 8.30. The Balaban J connectivity index is 1.59. The van der Waals surface area contributed by atoms with Crippen LogP contribution in [0.2, 0.25) is 0 Å². The third-order valence-corrected chi connectivity index (χ3v) is 6.21. The van der Waals surface area contributed by atoms with Gasteiger partial charge in [0, 0.05) is 23.7 Å². The summed E-state index contributed by atoms with van der Waals surface area (Å²) in [4.78, 5) is 16.2. The molecule has 7 nitrogen and oxygen atoms in total. The minimum absolute atomic E-state index is 0.119. The molecule has 0 atom stereocenters. The van der Waals surface area contributed by atoms with E-state index < -0.39 is 5.97 Å². The Morgan fingerprint density at radius 2 is 1.73 bits per heavy atom. The lowest BCUT2D eigenvalue weighted by molar-refractivity contribution is 0.0698. The fourth-order valence-corrected chi connectivity index (χ4v) is 4.62. The molecule has 168 valence electrons. The molecule has 1 fully saturated rings. The van der Waals surface area contributed by atoms with E-state index in [0.29, 0.717) is 23.1 Å². The number of carboxylic acid groups (broad SMARTS) is 1. The molecule has 1 N–H and O–H groups in total. The Morgan fingerprint density at radius 1 is 1.00 bits per heavy atom. The molecule has 0 bridgehead atoms. The highest BCUT2D eigenvalue weighted by Crippen LogP contribution is 2.39. The standard InChI is InChI=1S/C26H25N3O4/c1-32-19-10-6-12-21(14-19)33-20-11-5-9-18(13-20)22-15-27-25-23(26(30)31)16-28-29(25)24(22)17-7-3-2-4-8-17/h5-6,9-17H,2-4,7-8H2,1H3,(H,30,31). The minimum Gasteiger partial charge on any atom is -0.497 e. The number of hydrogen-bond donors (Lipinski definition) is 1. The number of fused-ring (bicyclic) bond motifs is 1. The summed E-state index contributed by atoms with van der Waals surface area (Å²) >= 11 is 0. The van der Waals surface area contributed by atoms with Gasteiger partial charge in [0.2, 0.25) is 0 Å². The van der Waals surface area contributed by atoms with Crippen LogP contribution in [0.25, 0.3) is 16.8 Å². The number of nitrogens with zero attached hydrogens (tertiary/aromatic N) is 3. The van der Waals surface area contributed by atoms with Gasteiger partial charge in [-0.1, -0.05) is 37.5 Å². The number of aromatic nitrogens is 3. The fourth-order valence-electron chi connectivity index (χ4n) is 4.62. The van der Waals surface area contributed by atoms with Crippen LogP contribution in [-0.4, -0.2) is 32.8 Å². The number of benzene rings is 2. The van der Waals surface area contributed by atoms with E-state index in [4.69, 9.17) is 9.47 Å². The van der Waals surface area contributed by atoms with E-state index in [9.17, 15) is 9.90 Å².